The zero-order valence-electron chi connectivity index (χ0n) is 27.1. The smallest absolute Gasteiger partial charge is 0.320 e. The van der Waals surface area contributed by atoms with Crippen molar-refractivity contribution in [2.75, 3.05) is 6.54 Å². The predicted molar refractivity (Wildman–Crippen MR) is 174 cm³/mol. The van der Waals surface area contributed by atoms with Gasteiger partial charge in [0.05, 0.1) is 0 Å². The van der Waals surface area contributed by atoms with Gasteiger partial charge < -0.3 is 16.2 Å². The summed E-state index contributed by atoms with van der Waals surface area (Å²) >= 11 is 0. The lowest BCUT2D eigenvalue weighted by atomic mass is 9.80. The molecule has 0 aliphatic rings. The Labute approximate surface area is 249 Å². The third kappa shape index (κ3) is 23.4. The van der Waals surface area contributed by atoms with E-state index in [0.29, 0.717) is 19.4 Å². The number of rotatable bonds is 31. The molecule has 0 fully saturated rings. The van der Waals surface area contributed by atoms with Crippen LogP contribution in [0.15, 0.2) is 0 Å². The van der Waals surface area contributed by atoms with Crippen LogP contribution in [0, 0.1) is 5.41 Å². The number of nitrogens with two attached hydrogens (primary N) is 1. The van der Waals surface area contributed by atoms with E-state index in [1.165, 1.54) is 135 Å². The Morgan fingerprint density at radius 2 is 1.00 bits per heavy atom. The lowest BCUT2D eigenvalue weighted by Crippen LogP contribution is -2.53. The topological polar surface area (TPSA) is 111 Å². The van der Waals surface area contributed by atoms with Crippen molar-refractivity contribution in [3.05, 3.63) is 0 Å². The van der Waals surface area contributed by atoms with Crippen molar-refractivity contribution in [1.82, 2.24) is 10.6 Å². The molecule has 40 heavy (non-hydrogen) atoms. The number of guanidine groups is 1. The van der Waals surface area contributed by atoms with Gasteiger partial charge in [-0.25, -0.2) is 0 Å². The van der Waals surface area contributed by atoms with Gasteiger partial charge in [-0.3, -0.25) is 15.5 Å². The third-order valence-electron chi connectivity index (χ3n) is 8.54. The van der Waals surface area contributed by atoms with Crippen molar-refractivity contribution in [2.45, 2.75) is 199 Å². The fraction of sp³-hybridized carbons (Fsp3) is 0.941. The summed E-state index contributed by atoms with van der Waals surface area (Å²) in [6.07, 6.45) is 31.6. The van der Waals surface area contributed by atoms with Crippen LogP contribution < -0.4 is 16.4 Å². The molecule has 0 aromatic heterocycles. The molecule has 0 amide bonds. The zero-order valence-corrected chi connectivity index (χ0v) is 27.1. The minimum absolute atomic E-state index is 0.0503. The number of nitrogens with one attached hydrogen (secondary N) is 3. The van der Waals surface area contributed by atoms with Crippen LogP contribution >= 0.6 is 0 Å². The van der Waals surface area contributed by atoms with Gasteiger partial charge in [-0.1, -0.05) is 156 Å². The number of carboxylic acid groups (broad SMARTS) is 1. The van der Waals surface area contributed by atoms with Crippen LogP contribution in [0.5, 0.6) is 0 Å². The minimum atomic E-state index is -0.745. The van der Waals surface area contributed by atoms with Crippen molar-refractivity contribution >= 4 is 11.9 Å². The largest absolute Gasteiger partial charge is 0.480 e. The van der Waals surface area contributed by atoms with E-state index in [0.717, 1.165) is 19.3 Å². The Balaban J connectivity index is 5.28. The normalized spacial score (nSPS) is 12.5. The summed E-state index contributed by atoms with van der Waals surface area (Å²) in [5.74, 6) is -0.795. The average molecular weight is 567 g/mol. The molecule has 6 N–H and O–H groups in total. The quantitative estimate of drug-likeness (QED) is 0.0326. The first-order chi connectivity index (χ1) is 19.4. The highest BCUT2D eigenvalue weighted by Crippen LogP contribution is 2.31. The molecule has 0 spiro atoms. The molecule has 0 radical (unpaired) electrons. The van der Waals surface area contributed by atoms with E-state index < -0.39 is 12.0 Å². The Kier molecular flexibility index (Phi) is 26.9. The maximum Gasteiger partial charge on any atom is 0.320 e. The summed E-state index contributed by atoms with van der Waals surface area (Å²) in [4.78, 5) is 12.4. The van der Waals surface area contributed by atoms with Crippen LogP contribution in [0.3, 0.4) is 0 Å². The fourth-order valence-electron chi connectivity index (χ4n) is 6.01. The van der Waals surface area contributed by atoms with E-state index in [1.54, 1.807) is 0 Å². The Morgan fingerprint density at radius 3 is 1.32 bits per heavy atom. The molecule has 0 bridgehead atoms. The van der Waals surface area contributed by atoms with Gasteiger partial charge >= 0.3 is 5.97 Å². The van der Waals surface area contributed by atoms with Gasteiger partial charge in [0.15, 0.2) is 5.96 Å². The van der Waals surface area contributed by atoms with E-state index in [-0.39, 0.29) is 11.5 Å². The molecule has 0 saturated carbocycles. The van der Waals surface area contributed by atoms with Crippen molar-refractivity contribution in [2.24, 2.45) is 5.73 Å². The highest BCUT2D eigenvalue weighted by Gasteiger charge is 2.33. The minimum Gasteiger partial charge on any atom is -0.480 e. The van der Waals surface area contributed by atoms with Crippen molar-refractivity contribution < 1.29 is 9.90 Å². The monoisotopic (exact) mass is 567 g/mol. The summed E-state index contributed by atoms with van der Waals surface area (Å²) in [6, 6.07) is -0.549. The molecule has 0 aromatic rings. The van der Waals surface area contributed by atoms with E-state index in [1.807, 2.05) is 0 Å². The summed E-state index contributed by atoms with van der Waals surface area (Å²) in [7, 11) is 0. The lowest BCUT2D eigenvalue weighted by Gasteiger charge is -2.38. The van der Waals surface area contributed by atoms with Crippen molar-refractivity contribution in [3.8, 4) is 0 Å². The molecule has 0 aliphatic heterocycles. The molecule has 1 unspecified atom stereocenters. The van der Waals surface area contributed by atoms with Gasteiger partial charge in [0.2, 0.25) is 0 Å². The molecule has 0 saturated heterocycles. The van der Waals surface area contributed by atoms with E-state index in [4.69, 9.17) is 11.1 Å². The molecule has 0 aliphatic carbocycles. The molecular formula is C34H70N4O2. The standard InChI is InChI=1S/C34H70N4O2/c1-4-7-10-13-16-17-18-21-24-29-34(27-22-19-14-11-8-5-2,28-23-20-15-12-9-6-3)38-31(32(39)40)26-25-30-37-33(35)36/h31,38H,4-30H2,1-3H3,(H,39,40)(H4,35,36,37). The van der Waals surface area contributed by atoms with Crippen LogP contribution in [0.25, 0.3) is 0 Å². The SMILES string of the molecule is CCCCCCCCCCCC(CCCCCCCC)(CCCCCCCC)NC(CCCNC(=N)N)C(=O)O. The van der Waals surface area contributed by atoms with Crippen molar-refractivity contribution in [3.63, 3.8) is 0 Å². The van der Waals surface area contributed by atoms with Crippen LogP contribution in [0.4, 0.5) is 0 Å². The molecular weight excluding hydrogens is 496 g/mol. The van der Waals surface area contributed by atoms with Gasteiger partial charge in [0, 0.05) is 12.1 Å². The zero-order chi connectivity index (χ0) is 29.7. The first-order valence-corrected chi connectivity index (χ1v) is 17.5. The first-order valence-electron chi connectivity index (χ1n) is 17.5. The highest BCUT2D eigenvalue weighted by molar-refractivity contribution is 5.74. The number of carboxylic acids is 1. The molecule has 0 rings (SSSR count). The molecule has 0 heterocycles. The molecule has 238 valence electrons. The summed E-state index contributed by atoms with van der Waals surface area (Å²) in [5.41, 5.74) is 5.34. The second-order valence-corrected chi connectivity index (χ2v) is 12.4. The maximum absolute atomic E-state index is 12.4. The number of carbonyl (C=O) groups is 1. The van der Waals surface area contributed by atoms with E-state index in [9.17, 15) is 9.90 Å². The van der Waals surface area contributed by atoms with Gasteiger partial charge in [-0.2, -0.15) is 0 Å². The van der Waals surface area contributed by atoms with Gasteiger partial charge in [-0.15, -0.1) is 0 Å². The summed E-state index contributed by atoms with van der Waals surface area (Å²) in [5, 5.41) is 24.1. The Bertz CT molecular complexity index is 568. The van der Waals surface area contributed by atoms with Crippen LogP contribution in [0.2, 0.25) is 0 Å². The highest BCUT2D eigenvalue weighted by atomic mass is 16.4. The molecule has 0 aromatic carbocycles. The molecule has 6 heteroatoms. The maximum atomic E-state index is 12.4. The number of unbranched alkanes of at least 4 members (excludes halogenated alkanes) is 18. The fourth-order valence-corrected chi connectivity index (χ4v) is 6.01. The van der Waals surface area contributed by atoms with Gasteiger partial charge in [0.25, 0.3) is 0 Å². The Morgan fingerprint density at radius 1 is 0.650 bits per heavy atom. The molecule has 6 nitrogen and oxygen atoms in total. The van der Waals surface area contributed by atoms with Gasteiger partial charge in [0.1, 0.15) is 6.04 Å². The van der Waals surface area contributed by atoms with E-state index >= 15 is 0 Å². The van der Waals surface area contributed by atoms with Crippen LogP contribution in [0.1, 0.15) is 188 Å². The van der Waals surface area contributed by atoms with Crippen LogP contribution in [-0.2, 0) is 4.79 Å². The van der Waals surface area contributed by atoms with E-state index in [2.05, 4.69) is 31.4 Å². The molecule has 1 atom stereocenters. The second-order valence-electron chi connectivity index (χ2n) is 12.4. The summed E-state index contributed by atoms with van der Waals surface area (Å²) in [6.45, 7) is 7.34. The Hall–Kier alpha value is -1.30. The van der Waals surface area contributed by atoms with Crippen LogP contribution in [-0.4, -0.2) is 35.2 Å². The number of hydrogen-bond acceptors (Lipinski definition) is 3. The second kappa shape index (κ2) is 27.8. The number of aliphatic carboxylic acids is 1. The lowest BCUT2D eigenvalue weighted by molar-refractivity contribution is -0.140. The van der Waals surface area contributed by atoms with Gasteiger partial charge in [-0.05, 0) is 32.1 Å². The first kappa shape index (κ1) is 38.7. The number of hydrogen-bond donors (Lipinski definition) is 5. The average Bonchev–Trinajstić information content (AvgIpc) is 2.93. The predicted octanol–water partition coefficient (Wildman–Crippen LogP) is 9.45. The third-order valence-corrected chi connectivity index (χ3v) is 8.54. The summed E-state index contributed by atoms with van der Waals surface area (Å²) < 4.78 is 0. The van der Waals surface area contributed by atoms with Crippen molar-refractivity contribution in [1.29, 1.82) is 5.41 Å².